The van der Waals surface area contributed by atoms with Gasteiger partial charge in [0.25, 0.3) is 0 Å². The molecular formula is C19H21N. The molecule has 0 aliphatic carbocycles. The van der Waals surface area contributed by atoms with Gasteiger partial charge in [0.1, 0.15) is 0 Å². The Morgan fingerprint density at radius 3 is 2.70 bits per heavy atom. The average molecular weight is 263 g/mol. The molecule has 0 aromatic heterocycles. The van der Waals surface area contributed by atoms with E-state index in [1.807, 2.05) is 12.2 Å². The van der Waals surface area contributed by atoms with Crippen LogP contribution in [0.2, 0.25) is 0 Å². The van der Waals surface area contributed by atoms with Gasteiger partial charge in [0.05, 0.1) is 0 Å². The van der Waals surface area contributed by atoms with E-state index in [1.165, 1.54) is 16.8 Å². The van der Waals surface area contributed by atoms with Gasteiger partial charge in [-0.2, -0.15) is 0 Å². The second-order valence-electron chi connectivity index (χ2n) is 5.06. The molecule has 1 heterocycles. The predicted octanol–water partition coefficient (Wildman–Crippen LogP) is 4.67. The third-order valence-corrected chi connectivity index (χ3v) is 3.43. The van der Waals surface area contributed by atoms with Crippen molar-refractivity contribution in [2.24, 2.45) is 0 Å². The molecule has 2 rings (SSSR count). The van der Waals surface area contributed by atoms with Crippen LogP contribution in [0.5, 0.6) is 0 Å². The Hall–Kier alpha value is -2.28. The number of likely N-dealkylation sites (N-methyl/N-ethyl adjacent to an activating group) is 1. The van der Waals surface area contributed by atoms with Crippen molar-refractivity contribution in [1.29, 1.82) is 0 Å². The second kappa shape index (κ2) is 6.25. The number of hydrogen-bond donors (Lipinski definition) is 0. The molecule has 0 spiro atoms. The summed E-state index contributed by atoms with van der Waals surface area (Å²) in [6, 6.07) is 8.54. The van der Waals surface area contributed by atoms with Crippen LogP contribution in [0.3, 0.4) is 0 Å². The summed E-state index contributed by atoms with van der Waals surface area (Å²) in [6.07, 6.45) is 10.0. The highest BCUT2D eigenvalue weighted by atomic mass is 15.1. The average Bonchev–Trinajstić information content (AvgIpc) is 2.45. The van der Waals surface area contributed by atoms with E-state index in [-0.39, 0.29) is 0 Å². The minimum absolute atomic E-state index is 0.979. The van der Waals surface area contributed by atoms with Crippen molar-refractivity contribution in [1.82, 2.24) is 4.90 Å². The van der Waals surface area contributed by atoms with Crippen LogP contribution in [0.4, 0.5) is 0 Å². The van der Waals surface area contributed by atoms with E-state index in [4.69, 9.17) is 0 Å². The molecule has 0 unspecified atom stereocenters. The van der Waals surface area contributed by atoms with Gasteiger partial charge < -0.3 is 4.90 Å². The predicted molar refractivity (Wildman–Crippen MR) is 89.2 cm³/mol. The lowest BCUT2D eigenvalue weighted by Crippen LogP contribution is -2.21. The number of nitrogens with zero attached hydrogens (tertiary/aromatic N) is 1. The first-order chi connectivity index (χ1) is 9.65. The summed E-state index contributed by atoms with van der Waals surface area (Å²) in [4.78, 5) is 2.28. The lowest BCUT2D eigenvalue weighted by Gasteiger charge is -2.26. The highest BCUT2D eigenvalue weighted by Crippen LogP contribution is 2.26. The van der Waals surface area contributed by atoms with Gasteiger partial charge in [-0.15, -0.1) is 0 Å². The largest absolute Gasteiger partial charge is 0.370 e. The first-order valence-corrected chi connectivity index (χ1v) is 6.80. The lowest BCUT2D eigenvalue weighted by molar-refractivity contribution is 0.516. The monoisotopic (exact) mass is 263 g/mol. The normalized spacial score (nSPS) is 15.5. The SMILES string of the molecule is C=C/C=C(\C=C)c1cccc(C2=CC=C(C)CN2C)c1. The number of rotatable bonds is 4. The van der Waals surface area contributed by atoms with Crippen LogP contribution >= 0.6 is 0 Å². The zero-order chi connectivity index (χ0) is 14.5. The molecular weight excluding hydrogens is 242 g/mol. The van der Waals surface area contributed by atoms with Gasteiger partial charge in [0.2, 0.25) is 0 Å². The lowest BCUT2D eigenvalue weighted by atomic mass is 9.99. The van der Waals surface area contributed by atoms with Crippen molar-refractivity contribution >= 4 is 11.3 Å². The smallest absolute Gasteiger partial charge is 0.0440 e. The van der Waals surface area contributed by atoms with Crippen molar-refractivity contribution < 1.29 is 0 Å². The number of hydrogen-bond acceptors (Lipinski definition) is 1. The molecule has 0 N–H and O–H groups in total. The van der Waals surface area contributed by atoms with E-state index in [2.05, 4.69) is 68.4 Å². The highest BCUT2D eigenvalue weighted by molar-refractivity contribution is 5.78. The summed E-state index contributed by atoms with van der Waals surface area (Å²) in [7, 11) is 2.13. The third kappa shape index (κ3) is 3.00. The quantitative estimate of drug-likeness (QED) is 0.713. The maximum atomic E-state index is 3.87. The van der Waals surface area contributed by atoms with E-state index < -0.39 is 0 Å². The standard InChI is InChI=1S/C19H21N/c1-5-8-16(6-2)17-9-7-10-18(13-17)19-12-11-15(3)14-20(19)4/h5-13H,1-2,14H2,3-4H3/b16-8+. The fourth-order valence-corrected chi connectivity index (χ4v) is 2.44. The van der Waals surface area contributed by atoms with Gasteiger partial charge in [0, 0.05) is 19.3 Å². The summed E-state index contributed by atoms with van der Waals surface area (Å²) in [5.41, 5.74) is 6.11. The first-order valence-electron chi connectivity index (χ1n) is 6.80. The van der Waals surface area contributed by atoms with Crippen molar-refractivity contribution in [2.75, 3.05) is 13.6 Å². The number of allylic oxidation sites excluding steroid dienone is 6. The van der Waals surface area contributed by atoms with E-state index in [0.717, 1.165) is 17.7 Å². The van der Waals surface area contributed by atoms with Crippen molar-refractivity contribution in [3.05, 3.63) is 84.5 Å². The number of benzene rings is 1. The van der Waals surface area contributed by atoms with E-state index in [9.17, 15) is 0 Å². The van der Waals surface area contributed by atoms with Crippen LogP contribution in [0.15, 0.2) is 73.4 Å². The summed E-state index contributed by atoms with van der Waals surface area (Å²) in [5, 5.41) is 0. The third-order valence-electron chi connectivity index (χ3n) is 3.43. The van der Waals surface area contributed by atoms with Gasteiger partial charge in [-0.1, -0.05) is 61.2 Å². The molecule has 0 saturated heterocycles. The Morgan fingerprint density at radius 2 is 2.05 bits per heavy atom. The minimum atomic E-state index is 0.979. The van der Waals surface area contributed by atoms with Crippen molar-refractivity contribution in [3.63, 3.8) is 0 Å². The zero-order valence-electron chi connectivity index (χ0n) is 12.3. The van der Waals surface area contributed by atoms with Crippen LogP contribution in [0, 0.1) is 0 Å². The molecule has 0 saturated carbocycles. The Morgan fingerprint density at radius 1 is 1.25 bits per heavy atom. The van der Waals surface area contributed by atoms with Crippen molar-refractivity contribution in [2.45, 2.75) is 6.92 Å². The Kier molecular flexibility index (Phi) is 4.41. The van der Waals surface area contributed by atoms with Gasteiger partial charge in [-0.05, 0) is 35.8 Å². The molecule has 102 valence electrons. The fraction of sp³-hybridized carbons (Fsp3) is 0.158. The highest BCUT2D eigenvalue weighted by Gasteiger charge is 2.11. The van der Waals surface area contributed by atoms with Crippen LogP contribution in [0.1, 0.15) is 18.1 Å². The summed E-state index contributed by atoms with van der Waals surface area (Å²) < 4.78 is 0. The molecule has 0 bridgehead atoms. The topological polar surface area (TPSA) is 3.24 Å². The zero-order valence-corrected chi connectivity index (χ0v) is 12.3. The molecule has 20 heavy (non-hydrogen) atoms. The Balaban J connectivity index is 2.42. The second-order valence-corrected chi connectivity index (χ2v) is 5.06. The summed E-state index contributed by atoms with van der Waals surface area (Å²) in [6.45, 7) is 10.8. The van der Waals surface area contributed by atoms with Crippen LogP contribution < -0.4 is 0 Å². The molecule has 1 aromatic carbocycles. The maximum absolute atomic E-state index is 3.87. The molecule has 1 heteroatoms. The molecule has 1 nitrogen and oxygen atoms in total. The van der Waals surface area contributed by atoms with Gasteiger partial charge in [0.15, 0.2) is 0 Å². The van der Waals surface area contributed by atoms with Crippen molar-refractivity contribution in [3.8, 4) is 0 Å². The molecule has 1 aliphatic heterocycles. The minimum Gasteiger partial charge on any atom is -0.370 e. The first kappa shape index (κ1) is 14.1. The molecule has 0 amide bonds. The summed E-state index contributed by atoms with van der Waals surface area (Å²) >= 11 is 0. The van der Waals surface area contributed by atoms with Gasteiger partial charge in [-0.25, -0.2) is 0 Å². The van der Waals surface area contributed by atoms with E-state index in [0.29, 0.717) is 0 Å². The van der Waals surface area contributed by atoms with Gasteiger partial charge >= 0.3 is 0 Å². The molecule has 1 aromatic rings. The fourth-order valence-electron chi connectivity index (χ4n) is 2.44. The van der Waals surface area contributed by atoms with Crippen LogP contribution in [-0.2, 0) is 0 Å². The Labute approximate surface area is 121 Å². The van der Waals surface area contributed by atoms with E-state index >= 15 is 0 Å². The van der Waals surface area contributed by atoms with E-state index in [1.54, 1.807) is 6.08 Å². The molecule has 0 atom stereocenters. The Bertz CT molecular complexity index is 614. The van der Waals surface area contributed by atoms with Gasteiger partial charge in [-0.3, -0.25) is 0 Å². The molecule has 1 aliphatic rings. The maximum Gasteiger partial charge on any atom is 0.0440 e. The molecule has 0 fully saturated rings. The molecule has 0 radical (unpaired) electrons. The van der Waals surface area contributed by atoms with Crippen LogP contribution in [-0.4, -0.2) is 18.5 Å². The van der Waals surface area contributed by atoms with Crippen LogP contribution in [0.25, 0.3) is 11.3 Å². The summed E-state index contributed by atoms with van der Waals surface area (Å²) in [5.74, 6) is 0.